The third-order valence-electron chi connectivity index (χ3n) is 3.26. The summed E-state index contributed by atoms with van der Waals surface area (Å²) in [6.07, 6.45) is 1.60. The van der Waals surface area contributed by atoms with E-state index in [1.165, 1.54) is 0 Å². The Morgan fingerprint density at radius 3 is 2.33 bits per heavy atom. The molecular weight excluding hydrogens is 188 g/mol. The lowest BCUT2D eigenvalue weighted by Gasteiger charge is -2.35. The molecule has 0 unspecified atom stereocenters. The zero-order chi connectivity index (χ0) is 10.7. The lowest BCUT2D eigenvalue weighted by atomic mass is 9.72. The Morgan fingerprint density at radius 2 is 1.80 bits per heavy atom. The summed E-state index contributed by atoms with van der Waals surface area (Å²) in [5.41, 5.74) is 6.17. The molecule has 1 amide bonds. The third kappa shape index (κ3) is 1.75. The van der Waals surface area contributed by atoms with Crippen molar-refractivity contribution in [1.82, 2.24) is 5.32 Å². The predicted molar refractivity (Wildman–Crippen MR) is 59.4 cm³/mol. The fourth-order valence-electron chi connectivity index (χ4n) is 2.29. The predicted octanol–water partition coefficient (Wildman–Crippen LogP) is 0.793. The Bertz CT molecular complexity index is 342. The van der Waals surface area contributed by atoms with Gasteiger partial charge in [0.15, 0.2) is 0 Å². The van der Waals surface area contributed by atoms with Crippen LogP contribution < -0.4 is 11.1 Å². The topological polar surface area (TPSA) is 55.1 Å². The molecule has 0 spiro atoms. The summed E-state index contributed by atoms with van der Waals surface area (Å²) in [5.74, 6) is -0.199. The first-order valence-corrected chi connectivity index (χ1v) is 5.32. The maximum absolute atomic E-state index is 11.7. The van der Waals surface area contributed by atoms with Gasteiger partial charge in [0.05, 0.1) is 5.41 Å². The van der Waals surface area contributed by atoms with Gasteiger partial charge in [-0.15, -0.1) is 0 Å². The second-order valence-electron chi connectivity index (χ2n) is 4.06. The summed E-state index contributed by atoms with van der Waals surface area (Å²) >= 11 is 0. The van der Waals surface area contributed by atoms with Crippen molar-refractivity contribution in [2.24, 2.45) is 5.73 Å². The zero-order valence-electron chi connectivity index (χ0n) is 8.70. The van der Waals surface area contributed by atoms with E-state index in [0.717, 1.165) is 31.5 Å². The van der Waals surface area contributed by atoms with Crippen molar-refractivity contribution in [3.63, 3.8) is 0 Å². The number of rotatable bonds is 2. The first-order chi connectivity index (χ1) is 7.26. The van der Waals surface area contributed by atoms with Gasteiger partial charge in [0.1, 0.15) is 0 Å². The van der Waals surface area contributed by atoms with Crippen LogP contribution in [0.25, 0.3) is 0 Å². The second-order valence-corrected chi connectivity index (χ2v) is 4.06. The van der Waals surface area contributed by atoms with Crippen molar-refractivity contribution in [3.05, 3.63) is 35.9 Å². The molecule has 1 aromatic rings. The Labute approximate surface area is 89.7 Å². The summed E-state index contributed by atoms with van der Waals surface area (Å²) < 4.78 is 0. The minimum atomic E-state index is -0.452. The number of piperidine rings is 1. The van der Waals surface area contributed by atoms with E-state index in [0.29, 0.717) is 0 Å². The van der Waals surface area contributed by atoms with Gasteiger partial charge in [-0.2, -0.15) is 0 Å². The highest BCUT2D eigenvalue weighted by atomic mass is 16.1. The Morgan fingerprint density at radius 1 is 1.20 bits per heavy atom. The van der Waals surface area contributed by atoms with Gasteiger partial charge in [0.2, 0.25) is 5.91 Å². The number of carbonyl (C=O) groups is 1. The highest BCUT2D eigenvalue weighted by molar-refractivity contribution is 5.86. The Hall–Kier alpha value is -1.35. The molecule has 3 nitrogen and oxygen atoms in total. The van der Waals surface area contributed by atoms with Gasteiger partial charge in [0.25, 0.3) is 0 Å². The maximum atomic E-state index is 11.7. The van der Waals surface area contributed by atoms with Crippen LogP contribution in [0.3, 0.4) is 0 Å². The molecule has 80 valence electrons. The molecule has 1 fully saturated rings. The van der Waals surface area contributed by atoms with Crippen molar-refractivity contribution < 1.29 is 4.79 Å². The van der Waals surface area contributed by atoms with E-state index in [2.05, 4.69) is 5.32 Å². The van der Waals surface area contributed by atoms with E-state index < -0.39 is 5.41 Å². The molecule has 1 saturated heterocycles. The molecule has 15 heavy (non-hydrogen) atoms. The van der Waals surface area contributed by atoms with Gasteiger partial charge in [-0.05, 0) is 31.5 Å². The van der Waals surface area contributed by atoms with E-state index in [9.17, 15) is 4.79 Å². The van der Waals surface area contributed by atoms with Crippen LogP contribution in [0.4, 0.5) is 0 Å². The van der Waals surface area contributed by atoms with Gasteiger partial charge in [-0.25, -0.2) is 0 Å². The molecule has 1 aliphatic heterocycles. The number of nitrogens with two attached hydrogens (primary N) is 1. The van der Waals surface area contributed by atoms with Crippen LogP contribution in [0.5, 0.6) is 0 Å². The van der Waals surface area contributed by atoms with Crippen LogP contribution in [0.2, 0.25) is 0 Å². The standard InChI is InChI=1S/C12H16N2O/c13-11(15)12(6-8-14-9-7-12)10-4-2-1-3-5-10/h1-5,14H,6-9H2,(H2,13,15). The fourth-order valence-corrected chi connectivity index (χ4v) is 2.29. The van der Waals surface area contributed by atoms with Crippen molar-refractivity contribution in [3.8, 4) is 0 Å². The van der Waals surface area contributed by atoms with Crippen LogP contribution in [-0.4, -0.2) is 19.0 Å². The number of hydrogen-bond acceptors (Lipinski definition) is 2. The van der Waals surface area contributed by atoms with Gasteiger partial charge in [0, 0.05) is 0 Å². The quantitative estimate of drug-likeness (QED) is 0.748. The third-order valence-corrected chi connectivity index (χ3v) is 3.26. The van der Waals surface area contributed by atoms with E-state index in [1.807, 2.05) is 30.3 Å². The average Bonchev–Trinajstić information content (AvgIpc) is 2.31. The summed E-state index contributed by atoms with van der Waals surface area (Å²) in [4.78, 5) is 11.7. The molecule has 1 heterocycles. The van der Waals surface area contributed by atoms with Gasteiger partial charge >= 0.3 is 0 Å². The highest BCUT2D eigenvalue weighted by Gasteiger charge is 2.39. The molecule has 3 N–H and O–H groups in total. The van der Waals surface area contributed by atoms with Crippen molar-refractivity contribution in [1.29, 1.82) is 0 Å². The summed E-state index contributed by atoms with van der Waals surface area (Å²) in [6.45, 7) is 1.72. The van der Waals surface area contributed by atoms with Crippen LogP contribution in [-0.2, 0) is 10.2 Å². The van der Waals surface area contributed by atoms with Crippen LogP contribution in [0.1, 0.15) is 18.4 Å². The highest BCUT2D eigenvalue weighted by Crippen LogP contribution is 2.32. The normalized spacial score (nSPS) is 19.7. The number of hydrogen-bond donors (Lipinski definition) is 2. The minimum absolute atomic E-state index is 0.199. The number of primary amides is 1. The monoisotopic (exact) mass is 204 g/mol. The fraction of sp³-hybridized carbons (Fsp3) is 0.417. The molecule has 3 heteroatoms. The van der Waals surface area contributed by atoms with Crippen LogP contribution >= 0.6 is 0 Å². The van der Waals surface area contributed by atoms with Crippen molar-refractivity contribution in [2.45, 2.75) is 18.3 Å². The molecule has 2 rings (SSSR count). The minimum Gasteiger partial charge on any atom is -0.369 e. The molecule has 0 radical (unpaired) electrons. The molecule has 0 saturated carbocycles. The van der Waals surface area contributed by atoms with Crippen molar-refractivity contribution >= 4 is 5.91 Å². The average molecular weight is 204 g/mol. The first kappa shape index (κ1) is 10.2. The molecule has 0 atom stereocenters. The molecular formula is C12H16N2O. The SMILES string of the molecule is NC(=O)C1(c2ccccc2)CCNCC1. The second kappa shape index (κ2) is 4.03. The summed E-state index contributed by atoms with van der Waals surface area (Å²) in [7, 11) is 0. The van der Waals surface area contributed by atoms with E-state index in [1.54, 1.807) is 0 Å². The summed E-state index contributed by atoms with van der Waals surface area (Å²) in [6, 6.07) is 9.87. The smallest absolute Gasteiger partial charge is 0.228 e. The molecule has 1 aromatic carbocycles. The largest absolute Gasteiger partial charge is 0.369 e. The maximum Gasteiger partial charge on any atom is 0.228 e. The summed E-state index contributed by atoms with van der Waals surface area (Å²) in [5, 5.41) is 3.26. The number of amides is 1. The van der Waals surface area contributed by atoms with Crippen LogP contribution in [0, 0.1) is 0 Å². The Kier molecular flexibility index (Phi) is 2.73. The van der Waals surface area contributed by atoms with Gasteiger partial charge in [-0.3, -0.25) is 4.79 Å². The lowest BCUT2D eigenvalue weighted by molar-refractivity contribution is -0.124. The molecule has 0 aliphatic carbocycles. The van der Waals surface area contributed by atoms with E-state index in [-0.39, 0.29) is 5.91 Å². The zero-order valence-corrected chi connectivity index (χ0v) is 8.70. The number of carbonyl (C=O) groups excluding carboxylic acids is 1. The van der Waals surface area contributed by atoms with E-state index >= 15 is 0 Å². The lowest BCUT2D eigenvalue weighted by Crippen LogP contribution is -2.48. The first-order valence-electron chi connectivity index (χ1n) is 5.32. The van der Waals surface area contributed by atoms with E-state index in [4.69, 9.17) is 5.73 Å². The molecule has 1 aliphatic rings. The van der Waals surface area contributed by atoms with Gasteiger partial charge < -0.3 is 11.1 Å². The number of benzene rings is 1. The van der Waals surface area contributed by atoms with Gasteiger partial charge in [-0.1, -0.05) is 30.3 Å². The molecule has 0 bridgehead atoms. The number of nitrogens with one attached hydrogen (secondary N) is 1. The Balaban J connectivity index is 2.38. The molecule has 0 aromatic heterocycles. The van der Waals surface area contributed by atoms with Crippen LogP contribution in [0.15, 0.2) is 30.3 Å². The van der Waals surface area contributed by atoms with Crippen molar-refractivity contribution in [2.75, 3.05) is 13.1 Å².